The molecule has 3 N–H and O–H groups in total. The average molecular weight is 559 g/mol. The predicted molar refractivity (Wildman–Crippen MR) is 158 cm³/mol. The molecule has 1 fully saturated rings. The van der Waals surface area contributed by atoms with Crippen LogP contribution >= 0.6 is 0 Å². The Labute approximate surface area is 241 Å². The third-order valence-electron chi connectivity index (χ3n) is 7.04. The van der Waals surface area contributed by atoms with Crippen molar-refractivity contribution in [2.45, 2.75) is 65.4 Å². The Morgan fingerprint density at radius 2 is 1.83 bits per heavy atom. The van der Waals surface area contributed by atoms with Gasteiger partial charge >= 0.3 is 6.09 Å². The molecule has 216 valence electrons. The van der Waals surface area contributed by atoms with Gasteiger partial charge in [-0.25, -0.2) is 9.78 Å². The van der Waals surface area contributed by atoms with Gasteiger partial charge in [0.25, 0.3) is 5.91 Å². The van der Waals surface area contributed by atoms with Crippen LogP contribution in [-0.4, -0.2) is 59.0 Å². The second-order valence-corrected chi connectivity index (χ2v) is 11.3. The molecule has 41 heavy (non-hydrogen) atoms. The number of nitrogens with two attached hydrogens (primary N) is 1. The number of hydrogen-bond acceptors (Lipinski definition) is 7. The van der Waals surface area contributed by atoms with Crippen molar-refractivity contribution in [3.8, 4) is 11.1 Å². The number of aldehydes is 1. The van der Waals surface area contributed by atoms with E-state index in [1.165, 1.54) is 11.1 Å². The number of hydrogen-bond donors (Lipinski definition) is 2. The number of aryl methyl sites for hydroxylation is 2. The van der Waals surface area contributed by atoms with Crippen LogP contribution < -0.4 is 11.1 Å². The predicted octanol–water partition coefficient (Wildman–Crippen LogP) is 4.95. The number of pyridine rings is 1. The molecule has 4 rings (SSSR count). The summed E-state index contributed by atoms with van der Waals surface area (Å²) in [6.07, 6.45) is 2.34. The van der Waals surface area contributed by atoms with E-state index < -0.39 is 29.7 Å². The second-order valence-electron chi connectivity index (χ2n) is 11.3. The van der Waals surface area contributed by atoms with Gasteiger partial charge in [0.05, 0.1) is 30.9 Å². The van der Waals surface area contributed by atoms with Crippen molar-refractivity contribution in [3.05, 3.63) is 82.5 Å². The van der Waals surface area contributed by atoms with Crippen LogP contribution in [0.15, 0.2) is 54.7 Å². The van der Waals surface area contributed by atoms with E-state index in [9.17, 15) is 14.4 Å². The first-order valence-electron chi connectivity index (χ1n) is 13.8. The van der Waals surface area contributed by atoms with Crippen molar-refractivity contribution in [2.24, 2.45) is 0 Å². The van der Waals surface area contributed by atoms with Gasteiger partial charge in [0.15, 0.2) is 0 Å². The fourth-order valence-electron chi connectivity index (χ4n) is 4.77. The Kier molecular flexibility index (Phi) is 9.08. The largest absolute Gasteiger partial charge is 0.444 e. The van der Waals surface area contributed by atoms with Gasteiger partial charge in [-0.15, -0.1) is 0 Å². The molecule has 1 aliphatic rings. The van der Waals surface area contributed by atoms with E-state index in [1.54, 1.807) is 41.4 Å². The summed E-state index contributed by atoms with van der Waals surface area (Å²) in [5.74, 6) is -0.336. The minimum atomic E-state index is -0.655. The third kappa shape index (κ3) is 7.49. The Hall–Kier alpha value is -4.24. The Balaban J connectivity index is 1.53. The van der Waals surface area contributed by atoms with Crippen LogP contribution in [0.1, 0.15) is 65.1 Å². The van der Waals surface area contributed by atoms with Crippen LogP contribution in [0.25, 0.3) is 11.1 Å². The van der Waals surface area contributed by atoms with Crippen LogP contribution in [-0.2, 0) is 22.5 Å². The van der Waals surface area contributed by atoms with Crippen LogP contribution in [0.5, 0.6) is 0 Å². The van der Waals surface area contributed by atoms with Gasteiger partial charge in [-0.1, -0.05) is 49.4 Å². The first-order chi connectivity index (χ1) is 19.5. The Bertz CT molecular complexity index is 1410. The number of nitrogen functional groups attached to an aromatic ring is 1. The number of rotatable bonds is 8. The number of nitrogens with zero attached hydrogens (tertiary/aromatic N) is 2. The van der Waals surface area contributed by atoms with Crippen LogP contribution in [0.2, 0.25) is 0 Å². The molecule has 1 saturated heterocycles. The molecule has 2 atom stereocenters. The van der Waals surface area contributed by atoms with Crippen molar-refractivity contribution in [1.29, 1.82) is 0 Å². The lowest BCUT2D eigenvalue weighted by molar-refractivity contribution is 0.0159. The smallest absolute Gasteiger partial charge is 0.410 e. The highest BCUT2D eigenvalue weighted by molar-refractivity contribution is 5.99. The zero-order valence-corrected chi connectivity index (χ0v) is 24.3. The molecule has 2 aromatic carbocycles. The number of nitrogens with one attached hydrogen (secondary N) is 1. The van der Waals surface area contributed by atoms with E-state index in [4.69, 9.17) is 15.2 Å². The molecular formula is C32H38N4O5. The van der Waals surface area contributed by atoms with Gasteiger partial charge in [-0.3, -0.25) is 9.59 Å². The van der Waals surface area contributed by atoms with E-state index in [0.717, 1.165) is 23.8 Å². The lowest BCUT2D eigenvalue weighted by atomic mass is 10.0. The SMILES string of the molecule is CCc1cc(CO[C@H]2CN(C(=O)OC(C)(C)C)C[C@@H]2NC(=O)c2cc(-c3ccc(C=O)cc3)cnc2N)ccc1C. The van der Waals surface area contributed by atoms with Gasteiger partial charge in [-0.05, 0) is 62.4 Å². The van der Waals surface area contributed by atoms with Crippen molar-refractivity contribution in [1.82, 2.24) is 15.2 Å². The molecule has 0 bridgehead atoms. The van der Waals surface area contributed by atoms with Crippen molar-refractivity contribution in [3.63, 3.8) is 0 Å². The number of benzene rings is 2. The van der Waals surface area contributed by atoms with E-state index in [2.05, 4.69) is 36.3 Å². The summed E-state index contributed by atoms with van der Waals surface area (Å²) in [4.78, 5) is 43.2. The topological polar surface area (TPSA) is 124 Å². The van der Waals surface area contributed by atoms with Crippen LogP contribution in [0.4, 0.5) is 10.6 Å². The number of amides is 2. The Morgan fingerprint density at radius 1 is 1.10 bits per heavy atom. The number of aromatic nitrogens is 1. The molecule has 0 saturated carbocycles. The molecule has 2 heterocycles. The summed E-state index contributed by atoms with van der Waals surface area (Å²) in [5, 5.41) is 3.02. The molecule has 2 amide bonds. The van der Waals surface area contributed by atoms with Gasteiger partial charge in [0, 0.05) is 23.9 Å². The highest BCUT2D eigenvalue weighted by Gasteiger charge is 2.39. The average Bonchev–Trinajstić information content (AvgIpc) is 3.34. The molecule has 1 aromatic heterocycles. The van der Waals surface area contributed by atoms with Crippen LogP contribution in [0, 0.1) is 6.92 Å². The first-order valence-corrected chi connectivity index (χ1v) is 13.8. The molecule has 0 aliphatic carbocycles. The zero-order valence-electron chi connectivity index (χ0n) is 24.3. The fourth-order valence-corrected chi connectivity index (χ4v) is 4.77. The summed E-state index contributed by atoms with van der Waals surface area (Å²) < 4.78 is 11.9. The van der Waals surface area contributed by atoms with E-state index in [1.807, 2.05) is 26.8 Å². The summed E-state index contributed by atoms with van der Waals surface area (Å²) in [6.45, 7) is 10.5. The minimum absolute atomic E-state index is 0.0852. The molecule has 9 nitrogen and oxygen atoms in total. The van der Waals surface area contributed by atoms with Gasteiger partial charge in [-0.2, -0.15) is 0 Å². The molecule has 0 unspecified atom stereocenters. The van der Waals surface area contributed by atoms with Gasteiger partial charge < -0.3 is 25.4 Å². The normalized spacial score (nSPS) is 16.9. The first kappa shape index (κ1) is 29.7. The molecular weight excluding hydrogens is 520 g/mol. The second kappa shape index (κ2) is 12.5. The highest BCUT2D eigenvalue weighted by Crippen LogP contribution is 2.24. The molecule has 0 radical (unpaired) electrons. The lowest BCUT2D eigenvalue weighted by Gasteiger charge is -2.24. The maximum atomic E-state index is 13.5. The standard InChI is InChI=1S/C32H38N4O5/c1-6-23-13-22(8-7-20(23)2)19-40-28-17-36(31(39)41-32(3,4)5)16-27(28)35-30(38)26-14-25(15-34-29(26)33)24-11-9-21(18-37)10-12-24/h7-15,18,27-28H,6,16-17,19H2,1-5H3,(H2,33,34)(H,35,38)/t27-,28-/m0/s1. The number of carbonyl (C=O) groups excluding carboxylic acids is 3. The van der Waals surface area contributed by atoms with Crippen molar-refractivity contribution in [2.75, 3.05) is 18.8 Å². The third-order valence-corrected chi connectivity index (χ3v) is 7.04. The maximum Gasteiger partial charge on any atom is 0.410 e. The number of ether oxygens (including phenoxy) is 2. The zero-order chi connectivity index (χ0) is 29.7. The highest BCUT2D eigenvalue weighted by atomic mass is 16.6. The van der Waals surface area contributed by atoms with Crippen molar-refractivity contribution >= 4 is 24.1 Å². The maximum absolute atomic E-state index is 13.5. The van der Waals surface area contributed by atoms with Gasteiger partial charge in [0.1, 0.15) is 17.7 Å². The summed E-state index contributed by atoms with van der Waals surface area (Å²) in [5.41, 5.74) is 11.2. The quantitative estimate of drug-likeness (QED) is 0.375. The van der Waals surface area contributed by atoms with Crippen LogP contribution in [0.3, 0.4) is 0 Å². The summed E-state index contributed by atoms with van der Waals surface area (Å²) in [6, 6.07) is 14.4. The number of likely N-dealkylation sites (tertiary alicyclic amines) is 1. The van der Waals surface area contributed by atoms with E-state index >= 15 is 0 Å². The van der Waals surface area contributed by atoms with Crippen molar-refractivity contribution < 1.29 is 23.9 Å². The molecule has 3 aromatic rings. The summed E-state index contributed by atoms with van der Waals surface area (Å²) in [7, 11) is 0. The van der Waals surface area contributed by atoms with E-state index in [0.29, 0.717) is 17.7 Å². The minimum Gasteiger partial charge on any atom is -0.444 e. The Morgan fingerprint density at radius 3 is 2.49 bits per heavy atom. The monoisotopic (exact) mass is 558 g/mol. The number of carbonyl (C=O) groups is 3. The summed E-state index contributed by atoms with van der Waals surface area (Å²) >= 11 is 0. The molecule has 1 aliphatic heterocycles. The van der Waals surface area contributed by atoms with E-state index in [-0.39, 0.29) is 24.5 Å². The molecule has 0 spiro atoms. The fraction of sp³-hybridized carbons (Fsp3) is 0.375. The number of anilines is 1. The molecule has 9 heteroatoms. The lowest BCUT2D eigenvalue weighted by Crippen LogP contribution is -2.44. The van der Waals surface area contributed by atoms with Gasteiger partial charge in [0.2, 0.25) is 0 Å².